The maximum Gasteiger partial charge on any atom is 0.303 e. The van der Waals surface area contributed by atoms with Crippen molar-refractivity contribution in [2.75, 3.05) is 6.61 Å². The fraction of sp³-hybridized carbons (Fsp3) is 0.462. The molecule has 0 bridgehead atoms. The van der Waals surface area contributed by atoms with Crippen molar-refractivity contribution in [3.05, 3.63) is 29.8 Å². The molecule has 1 rings (SSSR count). The molecular formula is C13H18O4. The standard InChI is InChI=1S/C13H18O4/c1-3-17-11-6-4-10(5-7-11)13(2,16)9-8-12(14)15/h4-7,16H,3,8-9H2,1-2H3,(H,14,15). The summed E-state index contributed by atoms with van der Waals surface area (Å²) in [6, 6.07) is 7.06. The minimum Gasteiger partial charge on any atom is -0.494 e. The van der Waals surface area contributed by atoms with E-state index < -0.39 is 11.6 Å². The van der Waals surface area contributed by atoms with Gasteiger partial charge in [-0.1, -0.05) is 12.1 Å². The van der Waals surface area contributed by atoms with Crippen LogP contribution < -0.4 is 4.74 Å². The molecule has 17 heavy (non-hydrogen) atoms. The second kappa shape index (κ2) is 5.68. The zero-order chi connectivity index (χ0) is 12.9. The Kier molecular flexibility index (Phi) is 4.52. The van der Waals surface area contributed by atoms with Crippen molar-refractivity contribution in [3.63, 3.8) is 0 Å². The largest absolute Gasteiger partial charge is 0.494 e. The summed E-state index contributed by atoms with van der Waals surface area (Å²) >= 11 is 0. The van der Waals surface area contributed by atoms with Crippen LogP contribution in [0.25, 0.3) is 0 Å². The van der Waals surface area contributed by atoms with Gasteiger partial charge in [0.1, 0.15) is 5.75 Å². The first-order valence-corrected chi connectivity index (χ1v) is 5.63. The molecule has 0 aromatic heterocycles. The summed E-state index contributed by atoms with van der Waals surface area (Å²) in [5.74, 6) is -0.165. The van der Waals surface area contributed by atoms with E-state index in [0.717, 1.165) is 5.75 Å². The van der Waals surface area contributed by atoms with Gasteiger partial charge in [-0.25, -0.2) is 0 Å². The molecule has 0 spiro atoms. The molecule has 0 fully saturated rings. The summed E-state index contributed by atoms with van der Waals surface area (Å²) < 4.78 is 5.30. The lowest BCUT2D eigenvalue weighted by Crippen LogP contribution is -2.22. The van der Waals surface area contributed by atoms with Crippen LogP contribution in [0.4, 0.5) is 0 Å². The van der Waals surface area contributed by atoms with E-state index in [4.69, 9.17) is 9.84 Å². The third-order valence-electron chi connectivity index (χ3n) is 2.61. The van der Waals surface area contributed by atoms with Crippen molar-refractivity contribution in [2.45, 2.75) is 32.3 Å². The second-order valence-electron chi connectivity index (χ2n) is 4.12. The normalized spacial score (nSPS) is 14.1. The molecule has 0 aliphatic rings. The SMILES string of the molecule is CCOc1ccc(C(C)(O)CCC(=O)O)cc1. The number of carbonyl (C=O) groups is 1. The molecule has 0 saturated heterocycles. The molecule has 0 aliphatic heterocycles. The fourth-order valence-corrected chi connectivity index (χ4v) is 1.57. The Hall–Kier alpha value is -1.55. The number of rotatable bonds is 6. The lowest BCUT2D eigenvalue weighted by atomic mass is 9.91. The predicted molar refractivity (Wildman–Crippen MR) is 64.1 cm³/mol. The monoisotopic (exact) mass is 238 g/mol. The lowest BCUT2D eigenvalue weighted by Gasteiger charge is -2.23. The van der Waals surface area contributed by atoms with Gasteiger partial charge < -0.3 is 14.9 Å². The van der Waals surface area contributed by atoms with Crippen LogP contribution in [0.5, 0.6) is 5.75 Å². The number of carboxylic acid groups (broad SMARTS) is 1. The van der Waals surface area contributed by atoms with E-state index in [1.807, 2.05) is 6.92 Å². The highest BCUT2D eigenvalue weighted by Crippen LogP contribution is 2.27. The Morgan fingerprint density at radius 1 is 1.35 bits per heavy atom. The molecule has 94 valence electrons. The van der Waals surface area contributed by atoms with Crippen LogP contribution >= 0.6 is 0 Å². The molecule has 1 atom stereocenters. The summed E-state index contributed by atoms with van der Waals surface area (Å²) in [4.78, 5) is 10.5. The molecule has 4 nitrogen and oxygen atoms in total. The van der Waals surface area contributed by atoms with Crippen molar-refractivity contribution in [1.29, 1.82) is 0 Å². The molecule has 1 aromatic carbocycles. The molecule has 0 saturated carbocycles. The first kappa shape index (κ1) is 13.5. The van der Waals surface area contributed by atoms with E-state index in [1.165, 1.54) is 0 Å². The van der Waals surface area contributed by atoms with Crippen LogP contribution in [0, 0.1) is 0 Å². The van der Waals surface area contributed by atoms with Crippen molar-refractivity contribution in [3.8, 4) is 5.75 Å². The maximum atomic E-state index is 10.5. The smallest absolute Gasteiger partial charge is 0.303 e. The summed E-state index contributed by atoms with van der Waals surface area (Å²) in [5, 5.41) is 18.8. The molecule has 0 radical (unpaired) electrons. The summed E-state index contributed by atoms with van der Waals surface area (Å²) in [6.07, 6.45) is 0.135. The van der Waals surface area contributed by atoms with E-state index in [1.54, 1.807) is 31.2 Å². The fourth-order valence-electron chi connectivity index (χ4n) is 1.57. The average molecular weight is 238 g/mol. The van der Waals surface area contributed by atoms with Gasteiger partial charge in [0.2, 0.25) is 0 Å². The van der Waals surface area contributed by atoms with Crippen LogP contribution in [0.1, 0.15) is 32.3 Å². The Balaban J connectivity index is 2.73. The Morgan fingerprint density at radius 3 is 2.41 bits per heavy atom. The van der Waals surface area contributed by atoms with Gasteiger partial charge in [0, 0.05) is 6.42 Å². The number of carboxylic acids is 1. The van der Waals surface area contributed by atoms with Crippen LogP contribution in [0.2, 0.25) is 0 Å². The molecule has 0 amide bonds. The van der Waals surface area contributed by atoms with Gasteiger partial charge in [0.25, 0.3) is 0 Å². The molecular weight excluding hydrogens is 220 g/mol. The molecule has 1 unspecified atom stereocenters. The third kappa shape index (κ3) is 4.07. The zero-order valence-corrected chi connectivity index (χ0v) is 10.1. The van der Waals surface area contributed by atoms with Crippen molar-refractivity contribution >= 4 is 5.97 Å². The van der Waals surface area contributed by atoms with Crippen molar-refractivity contribution < 1.29 is 19.7 Å². The van der Waals surface area contributed by atoms with Crippen LogP contribution in [0.15, 0.2) is 24.3 Å². The maximum absolute atomic E-state index is 10.5. The van der Waals surface area contributed by atoms with Crippen molar-refractivity contribution in [1.82, 2.24) is 0 Å². The summed E-state index contributed by atoms with van der Waals surface area (Å²) in [5.41, 5.74) is -0.425. The number of hydrogen-bond acceptors (Lipinski definition) is 3. The highest BCUT2D eigenvalue weighted by Gasteiger charge is 2.23. The number of hydrogen-bond donors (Lipinski definition) is 2. The predicted octanol–water partition coefficient (Wildman–Crippen LogP) is 2.16. The molecule has 4 heteroatoms. The Bertz CT molecular complexity index is 368. The van der Waals surface area contributed by atoms with Crippen molar-refractivity contribution in [2.24, 2.45) is 0 Å². The lowest BCUT2D eigenvalue weighted by molar-refractivity contribution is -0.138. The van der Waals surface area contributed by atoms with Gasteiger partial charge in [0.15, 0.2) is 0 Å². The Morgan fingerprint density at radius 2 is 1.94 bits per heavy atom. The van der Waals surface area contributed by atoms with Crippen LogP contribution in [-0.4, -0.2) is 22.8 Å². The first-order chi connectivity index (χ1) is 7.95. The van der Waals surface area contributed by atoms with E-state index in [0.29, 0.717) is 12.2 Å². The summed E-state index contributed by atoms with van der Waals surface area (Å²) in [6.45, 7) is 4.11. The minimum atomic E-state index is -1.12. The molecule has 0 aliphatic carbocycles. The molecule has 0 heterocycles. The highest BCUT2D eigenvalue weighted by atomic mass is 16.5. The van der Waals surface area contributed by atoms with Gasteiger partial charge in [0.05, 0.1) is 12.2 Å². The zero-order valence-electron chi connectivity index (χ0n) is 10.1. The van der Waals surface area contributed by atoms with Crippen LogP contribution in [-0.2, 0) is 10.4 Å². The molecule has 1 aromatic rings. The average Bonchev–Trinajstić information content (AvgIpc) is 2.28. The Labute approximate surface area is 101 Å². The summed E-state index contributed by atoms with van der Waals surface area (Å²) in [7, 11) is 0. The second-order valence-corrected chi connectivity index (χ2v) is 4.12. The first-order valence-electron chi connectivity index (χ1n) is 5.63. The van der Waals surface area contributed by atoms with Gasteiger partial charge in [-0.05, 0) is 38.0 Å². The van der Waals surface area contributed by atoms with E-state index in [2.05, 4.69) is 0 Å². The highest BCUT2D eigenvalue weighted by molar-refractivity contribution is 5.66. The number of aliphatic hydroxyl groups is 1. The molecule has 2 N–H and O–H groups in total. The third-order valence-corrected chi connectivity index (χ3v) is 2.61. The van der Waals surface area contributed by atoms with Gasteiger partial charge in [-0.3, -0.25) is 4.79 Å². The van der Waals surface area contributed by atoms with Gasteiger partial charge >= 0.3 is 5.97 Å². The number of ether oxygens (including phenoxy) is 1. The number of aliphatic carboxylic acids is 1. The topological polar surface area (TPSA) is 66.8 Å². The number of benzene rings is 1. The van der Waals surface area contributed by atoms with E-state index >= 15 is 0 Å². The van der Waals surface area contributed by atoms with E-state index in [-0.39, 0.29) is 12.8 Å². The van der Waals surface area contributed by atoms with Crippen LogP contribution in [0.3, 0.4) is 0 Å². The van der Waals surface area contributed by atoms with Gasteiger partial charge in [-0.2, -0.15) is 0 Å². The van der Waals surface area contributed by atoms with E-state index in [9.17, 15) is 9.90 Å². The quantitative estimate of drug-likeness (QED) is 0.797. The minimum absolute atomic E-state index is 0.0553. The van der Waals surface area contributed by atoms with Gasteiger partial charge in [-0.15, -0.1) is 0 Å².